The van der Waals surface area contributed by atoms with Crippen molar-refractivity contribution in [3.63, 3.8) is 0 Å². The molecule has 5 nitrogen and oxygen atoms in total. The highest BCUT2D eigenvalue weighted by molar-refractivity contribution is 5.86. The fourth-order valence-electron chi connectivity index (χ4n) is 2.05. The molecule has 0 spiro atoms. The molecule has 1 saturated carbocycles. The van der Waals surface area contributed by atoms with Crippen LogP contribution in [0.3, 0.4) is 0 Å². The van der Waals surface area contributed by atoms with Crippen LogP contribution in [0.25, 0.3) is 0 Å². The lowest BCUT2D eigenvalue weighted by Crippen LogP contribution is -2.04. The molecule has 1 heterocycles. The third-order valence-electron chi connectivity index (χ3n) is 2.68. The van der Waals surface area contributed by atoms with Gasteiger partial charge in [0.05, 0.1) is 0 Å². The van der Waals surface area contributed by atoms with Crippen molar-refractivity contribution in [2.75, 3.05) is 0 Å². The van der Waals surface area contributed by atoms with E-state index in [4.69, 9.17) is 5.11 Å². The Morgan fingerprint density at radius 1 is 1.43 bits per heavy atom. The number of carboxylic acid groups (broad SMARTS) is 1. The summed E-state index contributed by atoms with van der Waals surface area (Å²) in [5.74, 6) is -0.671. The van der Waals surface area contributed by atoms with Crippen LogP contribution in [0.15, 0.2) is 0 Å². The molecule has 0 saturated heterocycles. The Bertz CT molecular complexity index is 353. The number of carboxylic acids is 1. The Labute approximate surface area is 81.7 Å². The summed E-state index contributed by atoms with van der Waals surface area (Å²) in [7, 11) is 1.66. The van der Waals surface area contributed by atoms with E-state index in [9.17, 15) is 4.79 Å². The molecule has 14 heavy (non-hydrogen) atoms. The van der Waals surface area contributed by atoms with E-state index < -0.39 is 5.97 Å². The highest BCUT2D eigenvalue weighted by Gasteiger charge is 2.26. The molecule has 2 rings (SSSR count). The SMILES string of the molecule is Cn1nc(C(=O)O)c(C2CCCC2)n1. The minimum atomic E-state index is -0.972. The molecule has 1 fully saturated rings. The largest absolute Gasteiger partial charge is 0.476 e. The van der Waals surface area contributed by atoms with E-state index in [1.165, 1.54) is 17.6 Å². The van der Waals surface area contributed by atoms with E-state index in [1.54, 1.807) is 7.05 Å². The molecule has 1 aromatic rings. The lowest BCUT2D eigenvalue weighted by molar-refractivity contribution is 0.0688. The Morgan fingerprint density at radius 3 is 2.64 bits per heavy atom. The van der Waals surface area contributed by atoms with Gasteiger partial charge in [-0.25, -0.2) is 4.79 Å². The Morgan fingerprint density at radius 2 is 2.07 bits per heavy atom. The van der Waals surface area contributed by atoms with Gasteiger partial charge in [-0.1, -0.05) is 12.8 Å². The molecule has 1 aliphatic rings. The van der Waals surface area contributed by atoms with Gasteiger partial charge in [-0.05, 0) is 12.8 Å². The molecule has 0 aliphatic heterocycles. The fraction of sp³-hybridized carbons (Fsp3) is 0.667. The normalized spacial score (nSPS) is 17.5. The van der Waals surface area contributed by atoms with Gasteiger partial charge in [-0.15, -0.1) is 5.10 Å². The van der Waals surface area contributed by atoms with Crippen molar-refractivity contribution in [1.82, 2.24) is 15.0 Å². The monoisotopic (exact) mass is 195 g/mol. The number of nitrogens with zero attached hydrogens (tertiary/aromatic N) is 3. The van der Waals surface area contributed by atoms with Crippen molar-refractivity contribution in [3.05, 3.63) is 11.4 Å². The molecule has 0 aromatic carbocycles. The molecule has 0 bridgehead atoms. The van der Waals surface area contributed by atoms with Gasteiger partial charge in [0.15, 0.2) is 5.69 Å². The summed E-state index contributed by atoms with van der Waals surface area (Å²) >= 11 is 0. The average Bonchev–Trinajstić information content (AvgIpc) is 2.70. The van der Waals surface area contributed by atoms with Gasteiger partial charge in [-0.3, -0.25) is 0 Å². The molecular weight excluding hydrogens is 182 g/mol. The standard InChI is InChI=1S/C9H13N3O2/c1-12-10-7(6-4-2-3-5-6)8(11-12)9(13)14/h6H,2-5H2,1H3,(H,13,14). The van der Waals surface area contributed by atoms with Crippen molar-refractivity contribution in [3.8, 4) is 0 Å². The van der Waals surface area contributed by atoms with Crippen LogP contribution in [0, 0.1) is 0 Å². The van der Waals surface area contributed by atoms with Gasteiger partial charge in [0.2, 0.25) is 0 Å². The molecule has 1 aromatic heterocycles. The number of carbonyl (C=O) groups is 1. The number of hydrogen-bond acceptors (Lipinski definition) is 3. The van der Waals surface area contributed by atoms with E-state index in [-0.39, 0.29) is 5.69 Å². The van der Waals surface area contributed by atoms with Crippen LogP contribution in [0.1, 0.15) is 47.8 Å². The summed E-state index contributed by atoms with van der Waals surface area (Å²) in [6.07, 6.45) is 4.42. The summed E-state index contributed by atoms with van der Waals surface area (Å²) in [4.78, 5) is 12.2. The molecule has 5 heteroatoms. The zero-order valence-corrected chi connectivity index (χ0v) is 8.10. The molecule has 76 valence electrons. The second-order valence-corrected chi connectivity index (χ2v) is 3.71. The van der Waals surface area contributed by atoms with E-state index in [1.807, 2.05) is 0 Å². The van der Waals surface area contributed by atoms with Crippen molar-refractivity contribution < 1.29 is 9.90 Å². The van der Waals surface area contributed by atoms with Gasteiger partial charge in [0.25, 0.3) is 0 Å². The first kappa shape index (κ1) is 9.18. The molecular formula is C9H13N3O2. The maximum Gasteiger partial charge on any atom is 0.358 e. The van der Waals surface area contributed by atoms with Crippen LogP contribution in [0.4, 0.5) is 0 Å². The molecule has 0 unspecified atom stereocenters. The zero-order chi connectivity index (χ0) is 10.1. The van der Waals surface area contributed by atoms with Crippen LogP contribution in [0.2, 0.25) is 0 Å². The maximum absolute atomic E-state index is 10.9. The lowest BCUT2D eigenvalue weighted by Gasteiger charge is -2.03. The van der Waals surface area contributed by atoms with E-state index in [0.29, 0.717) is 11.6 Å². The molecule has 0 radical (unpaired) electrons. The Balaban J connectivity index is 2.35. The zero-order valence-electron chi connectivity index (χ0n) is 8.10. The van der Waals surface area contributed by atoms with Crippen molar-refractivity contribution in [1.29, 1.82) is 0 Å². The molecule has 0 amide bonds. The Hall–Kier alpha value is -1.39. The first-order chi connectivity index (χ1) is 6.68. The van der Waals surface area contributed by atoms with Crippen LogP contribution in [-0.2, 0) is 7.05 Å². The second-order valence-electron chi connectivity index (χ2n) is 3.71. The number of rotatable bonds is 2. The first-order valence-electron chi connectivity index (χ1n) is 4.83. The van der Waals surface area contributed by atoms with Crippen LogP contribution in [0.5, 0.6) is 0 Å². The third-order valence-corrected chi connectivity index (χ3v) is 2.68. The van der Waals surface area contributed by atoms with Crippen LogP contribution >= 0.6 is 0 Å². The summed E-state index contributed by atoms with van der Waals surface area (Å²) < 4.78 is 0. The van der Waals surface area contributed by atoms with Crippen molar-refractivity contribution in [2.45, 2.75) is 31.6 Å². The molecule has 1 aliphatic carbocycles. The first-order valence-corrected chi connectivity index (χ1v) is 4.83. The van der Waals surface area contributed by atoms with Gasteiger partial charge in [-0.2, -0.15) is 9.90 Å². The summed E-state index contributed by atoms with van der Waals surface area (Å²) in [5.41, 5.74) is 0.789. The van der Waals surface area contributed by atoms with E-state index in [2.05, 4.69) is 10.2 Å². The highest BCUT2D eigenvalue weighted by Crippen LogP contribution is 2.34. The van der Waals surface area contributed by atoms with Crippen LogP contribution in [-0.4, -0.2) is 26.1 Å². The maximum atomic E-state index is 10.9. The second kappa shape index (κ2) is 3.40. The summed E-state index contributed by atoms with van der Waals surface area (Å²) in [5, 5.41) is 16.9. The number of aromatic carboxylic acids is 1. The number of hydrogen-bond donors (Lipinski definition) is 1. The predicted octanol–water partition coefficient (Wildman–Crippen LogP) is 1.17. The highest BCUT2D eigenvalue weighted by atomic mass is 16.4. The molecule has 0 atom stereocenters. The van der Waals surface area contributed by atoms with Gasteiger partial charge >= 0.3 is 5.97 Å². The number of aromatic nitrogens is 3. The van der Waals surface area contributed by atoms with Gasteiger partial charge in [0, 0.05) is 13.0 Å². The third kappa shape index (κ3) is 1.49. The summed E-state index contributed by atoms with van der Waals surface area (Å²) in [6.45, 7) is 0. The smallest absolute Gasteiger partial charge is 0.358 e. The van der Waals surface area contributed by atoms with Crippen LogP contribution < -0.4 is 0 Å². The molecule has 1 N–H and O–H groups in total. The minimum absolute atomic E-state index is 0.124. The fourth-order valence-corrected chi connectivity index (χ4v) is 2.05. The predicted molar refractivity (Wildman–Crippen MR) is 49.2 cm³/mol. The topological polar surface area (TPSA) is 68.0 Å². The van der Waals surface area contributed by atoms with E-state index in [0.717, 1.165) is 12.8 Å². The van der Waals surface area contributed by atoms with E-state index >= 15 is 0 Å². The van der Waals surface area contributed by atoms with Crippen molar-refractivity contribution in [2.24, 2.45) is 7.05 Å². The minimum Gasteiger partial charge on any atom is -0.476 e. The van der Waals surface area contributed by atoms with Gasteiger partial charge < -0.3 is 5.11 Å². The Kier molecular flexibility index (Phi) is 2.23. The quantitative estimate of drug-likeness (QED) is 0.769. The van der Waals surface area contributed by atoms with Gasteiger partial charge in [0.1, 0.15) is 5.69 Å². The summed E-state index contributed by atoms with van der Waals surface area (Å²) in [6, 6.07) is 0. The lowest BCUT2D eigenvalue weighted by atomic mass is 10.0. The average molecular weight is 195 g/mol. The number of aryl methyl sites for hydroxylation is 1. The van der Waals surface area contributed by atoms with Crippen molar-refractivity contribution >= 4 is 5.97 Å².